The van der Waals surface area contributed by atoms with Crippen molar-refractivity contribution in [2.75, 3.05) is 27.4 Å². The van der Waals surface area contributed by atoms with E-state index < -0.39 is 0 Å². The number of hydrogen-bond acceptors (Lipinski definition) is 11. The quantitative estimate of drug-likeness (QED) is 0.510. The van der Waals surface area contributed by atoms with E-state index in [0.717, 1.165) is 63.0 Å². The van der Waals surface area contributed by atoms with Gasteiger partial charge in [-0.3, -0.25) is 0 Å². The smallest absolute Gasteiger partial charge is 0.238 e. The number of aromatic nitrogens is 4. The van der Waals surface area contributed by atoms with Gasteiger partial charge in [-0.2, -0.15) is 0 Å². The van der Waals surface area contributed by atoms with Gasteiger partial charge in [0.2, 0.25) is 11.8 Å². The molecular formula is C25H38N4O7. The topological polar surface area (TPSA) is 127 Å². The van der Waals surface area contributed by atoms with Crippen LogP contribution in [0.25, 0.3) is 0 Å². The number of ether oxygens (including phenoxy) is 6. The number of aliphatic hydroxyl groups excluding tert-OH is 1. The molecule has 0 aliphatic carbocycles. The normalized spacial score (nSPS) is 19.8. The highest BCUT2D eigenvalue weighted by Crippen LogP contribution is 2.19. The first-order chi connectivity index (χ1) is 17.7. The summed E-state index contributed by atoms with van der Waals surface area (Å²) < 4.78 is 32.4. The molecule has 0 radical (unpaired) electrons. The summed E-state index contributed by atoms with van der Waals surface area (Å²) in [6, 6.07) is 3.71. The highest BCUT2D eigenvalue weighted by Gasteiger charge is 2.16. The second kappa shape index (κ2) is 15.6. The van der Waals surface area contributed by atoms with E-state index in [1.807, 2.05) is 6.07 Å². The van der Waals surface area contributed by atoms with Crippen LogP contribution in [0, 0.1) is 0 Å². The van der Waals surface area contributed by atoms with E-state index in [9.17, 15) is 5.11 Å². The van der Waals surface area contributed by atoms with E-state index in [4.69, 9.17) is 28.4 Å². The number of hydrogen-bond donors (Lipinski definition) is 1. The average molecular weight is 507 g/mol. The van der Waals surface area contributed by atoms with Gasteiger partial charge in [-0.25, -0.2) is 0 Å². The molecule has 2 atom stereocenters. The summed E-state index contributed by atoms with van der Waals surface area (Å²) in [7, 11) is 3.10. The molecule has 4 rings (SSSR count). The minimum atomic E-state index is -0.153. The van der Waals surface area contributed by atoms with Gasteiger partial charge < -0.3 is 33.5 Å². The Bertz CT molecular complexity index is 832. The SMILES string of the molecule is CCc1cc(COC2CCCCO2)nnc1OC.COc1nnc(COC2CCCCO2)cc1CO. The van der Waals surface area contributed by atoms with Gasteiger partial charge in [0.25, 0.3) is 0 Å². The lowest BCUT2D eigenvalue weighted by Gasteiger charge is -2.22. The molecule has 11 heteroatoms. The van der Waals surface area contributed by atoms with E-state index in [1.54, 1.807) is 13.2 Å². The van der Waals surface area contributed by atoms with Crippen molar-refractivity contribution in [3.63, 3.8) is 0 Å². The Hall–Kier alpha value is -2.44. The van der Waals surface area contributed by atoms with Crippen molar-refractivity contribution in [3.05, 3.63) is 34.6 Å². The van der Waals surface area contributed by atoms with Crippen molar-refractivity contribution in [1.29, 1.82) is 0 Å². The number of nitrogens with zero attached hydrogens (tertiary/aromatic N) is 4. The molecule has 2 unspecified atom stereocenters. The van der Waals surface area contributed by atoms with Crippen LogP contribution < -0.4 is 9.47 Å². The molecule has 1 N–H and O–H groups in total. The third kappa shape index (κ3) is 8.90. The van der Waals surface area contributed by atoms with E-state index in [2.05, 4.69) is 27.3 Å². The van der Waals surface area contributed by atoms with E-state index in [-0.39, 0.29) is 19.2 Å². The standard InChI is InChI=1S/C13H20N2O3.C12H18N2O4/c1-3-10-8-11(14-15-13(10)16-2)9-18-12-6-4-5-7-17-12;1-16-12-9(7-15)6-10(13-14-12)8-18-11-4-2-3-5-17-11/h8,12H,3-7,9H2,1-2H3;6,11,15H,2-5,7-8H2,1H3. The van der Waals surface area contributed by atoms with Gasteiger partial charge in [0.15, 0.2) is 12.6 Å². The zero-order chi connectivity index (χ0) is 25.6. The van der Waals surface area contributed by atoms with Crippen LogP contribution in [0.3, 0.4) is 0 Å². The molecule has 36 heavy (non-hydrogen) atoms. The number of aliphatic hydroxyl groups is 1. The summed E-state index contributed by atoms with van der Waals surface area (Å²) in [6.45, 7) is 4.24. The molecule has 11 nitrogen and oxygen atoms in total. The maximum absolute atomic E-state index is 9.18. The first-order valence-electron chi connectivity index (χ1n) is 12.5. The summed E-state index contributed by atoms with van der Waals surface area (Å²) >= 11 is 0. The van der Waals surface area contributed by atoms with Gasteiger partial charge in [-0.15, -0.1) is 20.4 Å². The van der Waals surface area contributed by atoms with Gasteiger partial charge in [-0.1, -0.05) is 6.92 Å². The lowest BCUT2D eigenvalue weighted by Crippen LogP contribution is -2.22. The second-order valence-corrected chi connectivity index (χ2v) is 8.47. The Balaban J connectivity index is 0.000000201. The molecular weight excluding hydrogens is 468 g/mol. The molecule has 200 valence electrons. The maximum Gasteiger partial charge on any atom is 0.238 e. The van der Waals surface area contributed by atoms with E-state index in [1.165, 1.54) is 13.5 Å². The molecule has 2 aliphatic heterocycles. The molecule has 0 amide bonds. The summed E-state index contributed by atoms with van der Waals surface area (Å²) in [5, 5.41) is 25.2. The monoisotopic (exact) mass is 506 g/mol. The molecule has 0 aromatic carbocycles. The van der Waals surface area contributed by atoms with Crippen LogP contribution in [-0.2, 0) is 45.2 Å². The molecule has 0 saturated carbocycles. The fraction of sp³-hybridized carbons (Fsp3) is 0.680. The summed E-state index contributed by atoms with van der Waals surface area (Å²) in [5.41, 5.74) is 3.14. The Morgan fingerprint density at radius 3 is 1.69 bits per heavy atom. The Morgan fingerprint density at radius 2 is 1.28 bits per heavy atom. The van der Waals surface area contributed by atoms with Crippen LogP contribution in [0.4, 0.5) is 0 Å². The van der Waals surface area contributed by atoms with Crippen LogP contribution in [0.5, 0.6) is 11.8 Å². The van der Waals surface area contributed by atoms with Crippen molar-refractivity contribution in [2.24, 2.45) is 0 Å². The third-order valence-electron chi connectivity index (χ3n) is 5.82. The first kappa shape index (κ1) is 28.1. The molecule has 2 aliphatic rings. The fourth-order valence-electron chi connectivity index (χ4n) is 3.82. The Morgan fingerprint density at radius 1 is 0.778 bits per heavy atom. The van der Waals surface area contributed by atoms with Crippen LogP contribution in [0.2, 0.25) is 0 Å². The van der Waals surface area contributed by atoms with Crippen LogP contribution in [-0.4, -0.2) is 65.5 Å². The molecule has 0 bridgehead atoms. The predicted molar refractivity (Wildman–Crippen MR) is 129 cm³/mol. The second-order valence-electron chi connectivity index (χ2n) is 8.47. The van der Waals surface area contributed by atoms with Gasteiger partial charge in [0.05, 0.1) is 45.4 Å². The number of rotatable bonds is 10. The zero-order valence-electron chi connectivity index (χ0n) is 21.5. The number of methoxy groups -OCH3 is 2. The average Bonchev–Trinajstić information content (AvgIpc) is 2.96. The van der Waals surface area contributed by atoms with Crippen molar-refractivity contribution in [3.8, 4) is 11.8 Å². The highest BCUT2D eigenvalue weighted by atomic mass is 16.7. The molecule has 4 heterocycles. The van der Waals surface area contributed by atoms with Crippen molar-refractivity contribution < 1.29 is 33.5 Å². The fourth-order valence-corrected chi connectivity index (χ4v) is 3.82. The van der Waals surface area contributed by atoms with Crippen LogP contribution in [0.15, 0.2) is 12.1 Å². The van der Waals surface area contributed by atoms with E-state index >= 15 is 0 Å². The van der Waals surface area contributed by atoms with Crippen molar-refractivity contribution in [1.82, 2.24) is 20.4 Å². The van der Waals surface area contributed by atoms with Crippen molar-refractivity contribution in [2.45, 2.75) is 84.3 Å². The van der Waals surface area contributed by atoms with Crippen molar-refractivity contribution >= 4 is 0 Å². The van der Waals surface area contributed by atoms with E-state index in [0.29, 0.717) is 36.2 Å². The molecule has 2 fully saturated rings. The minimum absolute atomic E-state index is 0.0901. The lowest BCUT2D eigenvalue weighted by atomic mass is 10.2. The lowest BCUT2D eigenvalue weighted by molar-refractivity contribution is -0.169. The molecule has 2 aromatic rings. The largest absolute Gasteiger partial charge is 0.480 e. The Kier molecular flexibility index (Phi) is 12.2. The molecule has 2 aromatic heterocycles. The summed E-state index contributed by atoms with van der Waals surface area (Å²) in [5.74, 6) is 0.935. The third-order valence-corrected chi connectivity index (χ3v) is 5.82. The summed E-state index contributed by atoms with van der Waals surface area (Å²) in [4.78, 5) is 0. The van der Waals surface area contributed by atoms with Crippen LogP contribution >= 0.6 is 0 Å². The molecule has 0 spiro atoms. The number of aryl methyl sites for hydroxylation is 1. The molecule has 2 saturated heterocycles. The van der Waals surface area contributed by atoms with Gasteiger partial charge in [-0.05, 0) is 57.1 Å². The van der Waals surface area contributed by atoms with Gasteiger partial charge in [0.1, 0.15) is 0 Å². The minimum Gasteiger partial charge on any atom is -0.480 e. The Labute approximate surface area is 212 Å². The van der Waals surface area contributed by atoms with Gasteiger partial charge >= 0.3 is 0 Å². The van der Waals surface area contributed by atoms with Gasteiger partial charge in [0, 0.05) is 24.3 Å². The zero-order valence-corrected chi connectivity index (χ0v) is 21.5. The highest BCUT2D eigenvalue weighted by molar-refractivity contribution is 5.26. The first-order valence-corrected chi connectivity index (χ1v) is 12.5. The predicted octanol–water partition coefficient (Wildman–Crippen LogP) is 3.11. The summed E-state index contributed by atoms with van der Waals surface area (Å²) in [6.07, 6.45) is 7.01. The van der Waals surface area contributed by atoms with Crippen LogP contribution in [0.1, 0.15) is 68.0 Å². The maximum atomic E-state index is 9.18.